The van der Waals surface area contributed by atoms with Gasteiger partial charge in [-0.15, -0.1) is 0 Å². The molecule has 0 unspecified atom stereocenters. The van der Waals surface area contributed by atoms with E-state index < -0.39 is 9.84 Å². The Kier molecular flexibility index (Phi) is 3.21. The van der Waals surface area contributed by atoms with E-state index in [1.165, 1.54) is 6.26 Å². The fraction of sp³-hybridized carbons (Fsp3) is 0.900. The van der Waals surface area contributed by atoms with E-state index in [2.05, 4.69) is 5.32 Å². The second kappa shape index (κ2) is 4.33. The average molecular weight is 246 g/mol. The van der Waals surface area contributed by atoms with Gasteiger partial charge < -0.3 is 10.2 Å². The quantitative estimate of drug-likeness (QED) is 0.701. The van der Waals surface area contributed by atoms with Crippen molar-refractivity contribution in [3.05, 3.63) is 0 Å². The first-order valence-electron chi connectivity index (χ1n) is 5.62. The topological polar surface area (TPSA) is 66.5 Å². The van der Waals surface area contributed by atoms with Gasteiger partial charge in [0.15, 0.2) is 0 Å². The third-order valence-corrected chi connectivity index (χ3v) is 4.37. The molecule has 0 bridgehead atoms. The highest BCUT2D eigenvalue weighted by atomic mass is 32.2. The first kappa shape index (κ1) is 11.9. The number of nitrogens with one attached hydrogen (secondary N) is 1. The number of rotatable bonds is 3. The second-order valence-electron chi connectivity index (χ2n) is 4.86. The molecular formula is C10H18N2O3S. The molecule has 2 aliphatic heterocycles. The van der Waals surface area contributed by atoms with Crippen LogP contribution in [0.4, 0.5) is 0 Å². The SMILES string of the molecule is CS(=O)(=O)CCC(=O)N1C[C@H]2CNC[C@H]2C1. The predicted molar refractivity (Wildman–Crippen MR) is 60.8 cm³/mol. The lowest BCUT2D eigenvalue weighted by Crippen LogP contribution is -2.32. The number of carbonyl (C=O) groups is 1. The van der Waals surface area contributed by atoms with Gasteiger partial charge in [-0.2, -0.15) is 0 Å². The number of sulfone groups is 1. The molecular weight excluding hydrogens is 228 g/mol. The van der Waals surface area contributed by atoms with E-state index in [-0.39, 0.29) is 18.1 Å². The molecule has 0 spiro atoms. The lowest BCUT2D eigenvalue weighted by atomic mass is 10.0. The van der Waals surface area contributed by atoms with Crippen molar-refractivity contribution in [1.82, 2.24) is 10.2 Å². The second-order valence-corrected chi connectivity index (χ2v) is 7.12. The van der Waals surface area contributed by atoms with Crippen molar-refractivity contribution in [2.45, 2.75) is 6.42 Å². The van der Waals surface area contributed by atoms with E-state index >= 15 is 0 Å². The summed E-state index contributed by atoms with van der Waals surface area (Å²) in [6.45, 7) is 3.56. The molecule has 1 N–H and O–H groups in total. The summed E-state index contributed by atoms with van der Waals surface area (Å²) in [5.74, 6) is 1.10. The summed E-state index contributed by atoms with van der Waals surface area (Å²) in [5, 5.41) is 3.31. The number of hydrogen-bond acceptors (Lipinski definition) is 4. The minimum Gasteiger partial charge on any atom is -0.342 e. The number of nitrogens with zero attached hydrogens (tertiary/aromatic N) is 1. The molecule has 0 saturated carbocycles. The predicted octanol–water partition coefficient (Wildman–Crippen LogP) is -0.901. The lowest BCUT2D eigenvalue weighted by molar-refractivity contribution is -0.130. The van der Waals surface area contributed by atoms with Crippen molar-refractivity contribution in [3.63, 3.8) is 0 Å². The Bertz CT molecular complexity index is 368. The maximum absolute atomic E-state index is 11.8. The van der Waals surface area contributed by atoms with Gasteiger partial charge in [0.05, 0.1) is 5.75 Å². The van der Waals surface area contributed by atoms with E-state index in [1.807, 2.05) is 4.90 Å². The maximum Gasteiger partial charge on any atom is 0.223 e. The van der Waals surface area contributed by atoms with Crippen molar-refractivity contribution >= 4 is 15.7 Å². The van der Waals surface area contributed by atoms with Gasteiger partial charge in [0.2, 0.25) is 5.91 Å². The van der Waals surface area contributed by atoms with Crippen LogP contribution in [0.1, 0.15) is 6.42 Å². The first-order chi connectivity index (χ1) is 7.46. The zero-order valence-corrected chi connectivity index (χ0v) is 10.3. The Morgan fingerprint density at radius 3 is 2.38 bits per heavy atom. The van der Waals surface area contributed by atoms with Crippen molar-refractivity contribution in [3.8, 4) is 0 Å². The first-order valence-corrected chi connectivity index (χ1v) is 7.68. The van der Waals surface area contributed by atoms with Crippen LogP contribution < -0.4 is 5.32 Å². The zero-order chi connectivity index (χ0) is 11.8. The molecule has 0 aromatic carbocycles. The summed E-state index contributed by atoms with van der Waals surface area (Å²) < 4.78 is 21.9. The Balaban J connectivity index is 1.83. The van der Waals surface area contributed by atoms with E-state index in [4.69, 9.17) is 0 Å². The molecule has 0 aromatic rings. The number of carbonyl (C=O) groups excluding carboxylic acids is 1. The van der Waals surface area contributed by atoms with Gasteiger partial charge in [-0.25, -0.2) is 8.42 Å². The number of likely N-dealkylation sites (tertiary alicyclic amines) is 1. The monoisotopic (exact) mass is 246 g/mol. The normalized spacial score (nSPS) is 29.4. The highest BCUT2D eigenvalue weighted by Gasteiger charge is 2.37. The average Bonchev–Trinajstić information content (AvgIpc) is 2.71. The molecule has 2 saturated heterocycles. The van der Waals surface area contributed by atoms with E-state index in [9.17, 15) is 13.2 Å². The van der Waals surface area contributed by atoms with Crippen molar-refractivity contribution < 1.29 is 13.2 Å². The Hall–Kier alpha value is -0.620. The Morgan fingerprint density at radius 1 is 1.31 bits per heavy atom. The standard InChI is InChI=1S/C10H18N2O3S/c1-16(14,15)3-2-10(13)12-6-8-4-11-5-9(8)7-12/h8-9,11H,2-7H2,1H3/t8-,9+. The maximum atomic E-state index is 11.8. The largest absolute Gasteiger partial charge is 0.342 e. The number of fused-ring (bicyclic) bond motifs is 1. The third-order valence-electron chi connectivity index (χ3n) is 3.43. The van der Waals surface area contributed by atoms with Crippen LogP contribution in [0.2, 0.25) is 0 Å². The summed E-state index contributed by atoms with van der Waals surface area (Å²) in [7, 11) is -3.03. The van der Waals surface area contributed by atoms with Gasteiger partial charge in [0.1, 0.15) is 9.84 Å². The van der Waals surface area contributed by atoms with Gasteiger partial charge in [0, 0.05) is 38.9 Å². The fourth-order valence-electron chi connectivity index (χ4n) is 2.49. The van der Waals surface area contributed by atoms with Crippen LogP contribution in [-0.2, 0) is 14.6 Å². The van der Waals surface area contributed by atoms with Crippen LogP contribution in [0.15, 0.2) is 0 Å². The van der Waals surface area contributed by atoms with Gasteiger partial charge in [-0.3, -0.25) is 4.79 Å². The van der Waals surface area contributed by atoms with Crippen LogP contribution in [0.3, 0.4) is 0 Å². The van der Waals surface area contributed by atoms with Crippen LogP contribution >= 0.6 is 0 Å². The van der Waals surface area contributed by atoms with E-state index in [1.54, 1.807) is 0 Å². The van der Waals surface area contributed by atoms with Crippen LogP contribution in [0.5, 0.6) is 0 Å². The van der Waals surface area contributed by atoms with Gasteiger partial charge in [-0.1, -0.05) is 0 Å². The highest BCUT2D eigenvalue weighted by Crippen LogP contribution is 2.26. The summed E-state index contributed by atoms with van der Waals surface area (Å²) in [6, 6.07) is 0. The Labute approximate surface area is 96.1 Å². The molecule has 2 rings (SSSR count). The van der Waals surface area contributed by atoms with Crippen molar-refractivity contribution in [2.24, 2.45) is 11.8 Å². The summed E-state index contributed by atoms with van der Waals surface area (Å²) in [6.07, 6.45) is 1.30. The van der Waals surface area contributed by atoms with Gasteiger partial charge in [-0.05, 0) is 11.8 Å². The van der Waals surface area contributed by atoms with Crippen LogP contribution in [0.25, 0.3) is 0 Å². The zero-order valence-electron chi connectivity index (χ0n) is 9.48. The Morgan fingerprint density at radius 2 is 1.88 bits per heavy atom. The molecule has 2 aliphatic rings. The van der Waals surface area contributed by atoms with Crippen LogP contribution in [-0.4, -0.2) is 57.4 Å². The van der Waals surface area contributed by atoms with Crippen molar-refractivity contribution in [1.29, 1.82) is 0 Å². The molecule has 2 atom stereocenters. The minimum atomic E-state index is -3.03. The molecule has 1 amide bonds. The number of hydrogen-bond donors (Lipinski definition) is 1. The van der Waals surface area contributed by atoms with Crippen molar-refractivity contribution in [2.75, 3.05) is 38.2 Å². The molecule has 0 radical (unpaired) electrons. The van der Waals surface area contributed by atoms with Gasteiger partial charge >= 0.3 is 0 Å². The van der Waals surface area contributed by atoms with E-state index in [0.717, 1.165) is 26.2 Å². The summed E-state index contributed by atoms with van der Waals surface area (Å²) >= 11 is 0. The molecule has 5 nitrogen and oxygen atoms in total. The van der Waals surface area contributed by atoms with Crippen LogP contribution in [0, 0.1) is 11.8 Å². The molecule has 2 fully saturated rings. The smallest absolute Gasteiger partial charge is 0.223 e. The molecule has 0 aromatic heterocycles. The molecule has 6 heteroatoms. The fourth-order valence-corrected chi connectivity index (χ4v) is 3.04. The highest BCUT2D eigenvalue weighted by molar-refractivity contribution is 7.90. The molecule has 92 valence electrons. The summed E-state index contributed by atoms with van der Waals surface area (Å²) in [4.78, 5) is 13.6. The number of amides is 1. The summed E-state index contributed by atoms with van der Waals surface area (Å²) in [5.41, 5.74) is 0. The molecule has 0 aliphatic carbocycles. The third kappa shape index (κ3) is 2.74. The molecule has 2 heterocycles. The molecule has 16 heavy (non-hydrogen) atoms. The lowest BCUT2D eigenvalue weighted by Gasteiger charge is -2.17. The van der Waals surface area contributed by atoms with Gasteiger partial charge in [0.25, 0.3) is 0 Å². The van der Waals surface area contributed by atoms with E-state index in [0.29, 0.717) is 11.8 Å². The minimum absolute atomic E-state index is 0.0141.